The highest BCUT2D eigenvalue weighted by Gasteiger charge is 2.17. The van der Waals surface area contributed by atoms with Crippen molar-refractivity contribution < 1.29 is 13.9 Å². The van der Waals surface area contributed by atoms with Crippen LogP contribution in [-0.4, -0.2) is 23.2 Å². The van der Waals surface area contributed by atoms with Crippen LogP contribution in [-0.2, 0) is 17.6 Å². The summed E-state index contributed by atoms with van der Waals surface area (Å²) in [6.45, 7) is 1.80. The van der Waals surface area contributed by atoms with E-state index in [1.165, 1.54) is 11.3 Å². The molecule has 1 N–H and O–H groups in total. The average molecular weight is 421 g/mol. The lowest BCUT2D eigenvalue weighted by Gasteiger charge is -2.08. The third-order valence-electron chi connectivity index (χ3n) is 4.74. The Morgan fingerprint density at radius 2 is 1.97 bits per heavy atom. The van der Waals surface area contributed by atoms with E-state index in [0.717, 1.165) is 16.0 Å². The Balaban J connectivity index is 1.49. The first kappa shape index (κ1) is 19.8. The zero-order chi connectivity index (χ0) is 21.1. The van der Waals surface area contributed by atoms with Crippen LogP contribution < -0.4 is 15.7 Å². The lowest BCUT2D eigenvalue weighted by molar-refractivity contribution is -0.115. The van der Waals surface area contributed by atoms with Gasteiger partial charge in [-0.25, -0.2) is 4.79 Å². The highest BCUT2D eigenvalue weighted by atomic mass is 32.1. The van der Waals surface area contributed by atoms with Gasteiger partial charge < -0.3 is 14.5 Å². The normalized spacial score (nSPS) is 10.9. The Morgan fingerprint density at radius 3 is 2.73 bits per heavy atom. The van der Waals surface area contributed by atoms with Crippen molar-refractivity contribution in [1.29, 1.82) is 0 Å². The summed E-state index contributed by atoms with van der Waals surface area (Å²) >= 11 is 1.31. The van der Waals surface area contributed by atoms with E-state index in [9.17, 15) is 9.59 Å². The minimum Gasteiger partial charge on any atom is -0.497 e. The van der Waals surface area contributed by atoms with Crippen LogP contribution >= 0.6 is 11.3 Å². The topological polar surface area (TPSA) is 94.3 Å². The zero-order valence-electron chi connectivity index (χ0n) is 16.5. The molecule has 0 atom stereocenters. The van der Waals surface area contributed by atoms with E-state index in [4.69, 9.17) is 9.15 Å². The van der Waals surface area contributed by atoms with Crippen LogP contribution in [0.3, 0.4) is 0 Å². The maximum atomic E-state index is 12.5. The van der Waals surface area contributed by atoms with Gasteiger partial charge >= 0.3 is 5.63 Å². The van der Waals surface area contributed by atoms with Crippen molar-refractivity contribution in [2.45, 2.75) is 19.8 Å². The number of hydrogen-bond donors (Lipinski definition) is 1. The number of ether oxygens (including phenoxy) is 1. The van der Waals surface area contributed by atoms with Gasteiger partial charge in [-0.15, -0.1) is 10.2 Å². The molecule has 152 valence electrons. The van der Waals surface area contributed by atoms with Crippen molar-refractivity contribution in [3.05, 3.63) is 80.6 Å². The standard InChI is InChI=1S/C22H19N3O4S/c1-13-16-9-8-15(28-2)11-18(16)29-21(27)17(13)12-19(26)23-22-25-24-20(30-22)10-14-6-4-3-5-7-14/h3-9,11H,10,12H2,1-2H3,(H,23,25,26). The molecule has 4 rings (SSSR count). The Bertz CT molecular complexity index is 1260. The summed E-state index contributed by atoms with van der Waals surface area (Å²) < 4.78 is 10.6. The molecule has 2 heterocycles. The zero-order valence-corrected chi connectivity index (χ0v) is 17.3. The molecule has 0 aliphatic rings. The van der Waals surface area contributed by atoms with Gasteiger partial charge in [-0.2, -0.15) is 0 Å². The molecule has 1 amide bonds. The van der Waals surface area contributed by atoms with Crippen molar-refractivity contribution in [2.75, 3.05) is 12.4 Å². The Hall–Kier alpha value is -3.52. The number of nitrogens with zero attached hydrogens (tertiary/aromatic N) is 2. The van der Waals surface area contributed by atoms with Crippen molar-refractivity contribution in [3.63, 3.8) is 0 Å². The molecule has 0 unspecified atom stereocenters. The van der Waals surface area contributed by atoms with Crippen molar-refractivity contribution in [1.82, 2.24) is 10.2 Å². The molecule has 30 heavy (non-hydrogen) atoms. The van der Waals surface area contributed by atoms with Gasteiger partial charge in [0.2, 0.25) is 11.0 Å². The molecule has 0 spiro atoms. The molecule has 0 saturated carbocycles. The predicted octanol–water partition coefficient (Wildman–Crippen LogP) is 3.73. The first-order valence-electron chi connectivity index (χ1n) is 9.30. The number of carbonyl (C=O) groups is 1. The van der Waals surface area contributed by atoms with E-state index in [2.05, 4.69) is 15.5 Å². The Labute approximate surface area is 176 Å². The highest BCUT2D eigenvalue weighted by molar-refractivity contribution is 7.15. The second-order valence-corrected chi connectivity index (χ2v) is 7.81. The van der Waals surface area contributed by atoms with Crippen molar-refractivity contribution in [2.24, 2.45) is 0 Å². The van der Waals surface area contributed by atoms with Gasteiger partial charge in [-0.05, 0) is 30.2 Å². The highest BCUT2D eigenvalue weighted by Crippen LogP contribution is 2.24. The minimum atomic E-state index is -0.537. The molecule has 0 saturated heterocycles. The quantitative estimate of drug-likeness (QED) is 0.477. The van der Waals surface area contributed by atoms with E-state index >= 15 is 0 Å². The summed E-state index contributed by atoms with van der Waals surface area (Å²) in [6, 6.07) is 15.2. The molecule has 0 bridgehead atoms. The number of nitrogens with one attached hydrogen (secondary N) is 1. The van der Waals surface area contributed by atoms with Crippen LogP contribution in [0.25, 0.3) is 11.0 Å². The summed E-state index contributed by atoms with van der Waals surface area (Å²) in [5.74, 6) is 0.249. The van der Waals surface area contributed by atoms with Crippen LogP contribution in [0.2, 0.25) is 0 Å². The van der Waals surface area contributed by atoms with Gasteiger partial charge in [-0.3, -0.25) is 4.79 Å². The Morgan fingerprint density at radius 1 is 1.17 bits per heavy atom. The molecule has 4 aromatic rings. The van der Waals surface area contributed by atoms with Gasteiger partial charge in [0.05, 0.1) is 19.1 Å². The molecule has 0 fully saturated rings. The molecule has 7 nitrogen and oxygen atoms in total. The van der Waals surface area contributed by atoms with E-state index in [1.54, 1.807) is 26.2 Å². The number of methoxy groups -OCH3 is 1. The second kappa shape index (κ2) is 8.46. The van der Waals surface area contributed by atoms with Crippen LogP contribution in [0.5, 0.6) is 5.75 Å². The number of aromatic nitrogens is 2. The van der Waals surface area contributed by atoms with Gasteiger partial charge in [0.25, 0.3) is 0 Å². The van der Waals surface area contributed by atoms with E-state index in [0.29, 0.717) is 34.0 Å². The SMILES string of the molecule is COc1ccc2c(C)c(CC(=O)Nc3nnc(Cc4ccccc4)s3)c(=O)oc2c1. The van der Waals surface area contributed by atoms with Gasteiger partial charge in [0, 0.05) is 17.9 Å². The first-order chi connectivity index (χ1) is 14.5. The summed E-state index contributed by atoms with van der Waals surface area (Å²) in [7, 11) is 1.55. The number of anilines is 1. The molecular formula is C22H19N3O4S. The molecule has 0 aliphatic heterocycles. The fraction of sp³-hybridized carbons (Fsp3) is 0.182. The third kappa shape index (κ3) is 4.23. The van der Waals surface area contributed by atoms with Crippen LogP contribution in [0.4, 0.5) is 5.13 Å². The number of amides is 1. The fourth-order valence-electron chi connectivity index (χ4n) is 3.18. The van der Waals surface area contributed by atoms with E-state index in [-0.39, 0.29) is 12.3 Å². The molecule has 2 aromatic heterocycles. The average Bonchev–Trinajstić information content (AvgIpc) is 3.18. The number of fused-ring (bicyclic) bond motifs is 1. The number of benzene rings is 2. The number of aryl methyl sites for hydroxylation is 1. The van der Waals surface area contributed by atoms with Crippen LogP contribution in [0.1, 0.15) is 21.7 Å². The molecule has 0 aliphatic carbocycles. The van der Waals surface area contributed by atoms with E-state index < -0.39 is 5.63 Å². The van der Waals surface area contributed by atoms with Crippen molar-refractivity contribution >= 4 is 33.3 Å². The largest absolute Gasteiger partial charge is 0.497 e. The maximum Gasteiger partial charge on any atom is 0.340 e. The smallest absolute Gasteiger partial charge is 0.340 e. The second-order valence-electron chi connectivity index (χ2n) is 6.74. The predicted molar refractivity (Wildman–Crippen MR) is 115 cm³/mol. The van der Waals surface area contributed by atoms with E-state index in [1.807, 2.05) is 36.4 Å². The molecular weight excluding hydrogens is 402 g/mol. The maximum absolute atomic E-state index is 12.5. The van der Waals surface area contributed by atoms with Crippen LogP contribution in [0, 0.1) is 6.92 Å². The summed E-state index contributed by atoms with van der Waals surface area (Å²) in [5, 5.41) is 12.8. The van der Waals surface area contributed by atoms with Gasteiger partial charge in [0.15, 0.2) is 0 Å². The molecule has 0 radical (unpaired) electrons. The monoisotopic (exact) mass is 421 g/mol. The van der Waals surface area contributed by atoms with Gasteiger partial charge in [-0.1, -0.05) is 41.7 Å². The van der Waals surface area contributed by atoms with Crippen molar-refractivity contribution in [3.8, 4) is 5.75 Å². The summed E-state index contributed by atoms with van der Waals surface area (Å²) in [6.07, 6.45) is 0.537. The summed E-state index contributed by atoms with van der Waals surface area (Å²) in [4.78, 5) is 25.0. The Kier molecular flexibility index (Phi) is 5.58. The number of rotatable bonds is 6. The number of carbonyl (C=O) groups excluding carboxylic acids is 1. The molecule has 2 aromatic carbocycles. The van der Waals surface area contributed by atoms with Gasteiger partial charge in [0.1, 0.15) is 16.3 Å². The first-order valence-corrected chi connectivity index (χ1v) is 10.1. The molecule has 8 heteroatoms. The third-order valence-corrected chi connectivity index (χ3v) is 5.58. The lowest BCUT2D eigenvalue weighted by atomic mass is 10.0. The minimum absolute atomic E-state index is 0.107. The fourth-order valence-corrected chi connectivity index (χ4v) is 3.97. The number of hydrogen-bond acceptors (Lipinski definition) is 7. The summed E-state index contributed by atoms with van der Waals surface area (Å²) in [5.41, 5.74) is 2.04. The van der Waals surface area contributed by atoms with Crippen LogP contribution in [0.15, 0.2) is 57.7 Å². The lowest BCUT2D eigenvalue weighted by Crippen LogP contribution is -2.20.